The van der Waals surface area contributed by atoms with E-state index < -0.39 is 0 Å². The molecule has 2 nitrogen and oxygen atoms in total. The van der Waals surface area contributed by atoms with E-state index in [0.717, 1.165) is 18.3 Å². The van der Waals surface area contributed by atoms with E-state index in [2.05, 4.69) is 30.5 Å². The fraction of sp³-hybridized carbons (Fsp3) is 0.652. The third kappa shape index (κ3) is 2.33. The van der Waals surface area contributed by atoms with Crippen LogP contribution < -0.4 is 0 Å². The Morgan fingerprint density at radius 2 is 2.12 bits per heavy atom. The molecule has 2 heteroatoms. The van der Waals surface area contributed by atoms with Crippen molar-refractivity contribution in [2.75, 3.05) is 13.1 Å². The summed E-state index contributed by atoms with van der Waals surface area (Å²) in [6.07, 6.45) is 9.05. The predicted octanol–water partition coefficient (Wildman–Crippen LogP) is 4.66. The Labute approximate surface area is 151 Å². The van der Waals surface area contributed by atoms with Gasteiger partial charge in [-0.1, -0.05) is 31.6 Å². The van der Waals surface area contributed by atoms with Crippen LogP contribution in [0.15, 0.2) is 30.4 Å². The SMILES string of the molecule is C=C1C[C@H](C)[C@@H]2[C@@H]3Cc4ccc(O)cc4[C@]2(CCN3CC2CCC2)C1. The molecule has 1 aliphatic heterocycles. The number of allylic oxidation sites excluding steroid dienone is 1. The van der Waals surface area contributed by atoms with Gasteiger partial charge in [0, 0.05) is 18.0 Å². The van der Waals surface area contributed by atoms with E-state index in [0.29, 0.717) is 17.7 Å². The average Bonchev–Trinajstić information content (AvgIpc) is 2.52. The van der Waals surface area contributed by atoms with Crippen molar-refractivity contribution in [3.8, 4) is 5.75 Å². The lowest BCUT2D eigenvalue weighted by Crippen LogP contribution is -2.63. The molecule has 1 heterocycles. The Morgan fingerprint density at radius 3 is 2.88 bits per heavy atom. The second-order valence-electron chi connectivity index (χ2n) is 9.44. The van der Waals surface area contributed by atoms with Gasteiger partial charge in [0.1, 0.15) is 5.75 Å². The lowest BCUT2D eigenvalue weighted by molar-refractivity contribution is -0.0376. The van der Waals surface area contributed by atoms with Gasteiger partial charge >= 0.3 is 0 Å². The smallest absolute Gasteiger partial charge is 0.115 e. The monoisotopic (exact) mass is 337 g/mol. The minimum atomic E-state index is 0.224. The average molecular weight is 338 g/mol. The Kier molecular flexibility index (Phi) is 3.57. The first-order chi connectivity index (χ1) is 12.1. The summed E-state index contributed by atoms with van der Waals surface area (Å²) in [5.41, 5.74) is 4.58. The normalized spacial score (nSPS) is 38.0. The molecule has 4 aliphatic rings. The maximum Gasteiger partial charge on any atom is 0.115 e. The molecule has 3 fully saturated rings. The van der Waals surface area contributed by atoms with Crippen LogP contribution in [0, 0.1) is 17.8 Å². The molecule has 4 atom stereocenters. The van der Waals surface area contributed by atoms with Crippen LogP contribution in [0.1, 0.15) is 56.6 Å². The van der Waals surface area contributed by atoms with Crippen LogP contribution in [0.4, 0.5) is 0 Å². The molecule has 1 aromatic carbocycles. The zero-order valence-corrected chi connectivity index (χ0v) is 15.5. The topological polar surface area (TPSA) is 23.5 Å². The number of piperidine rings is 1. The van der Waals surface area contributed by atoms with Gasteiger partial charge in [0.05, 0.1) is 0 Å². The van der Waals surface area contributed by atoms with Crippen LogP contribution >= 0.6 is 0 Å². The minimum Gasteiger partial charge on any atom is -0.508 e. The number of hydrogen-bond acceptors (Lipinski definition) is 2. The fourth-order valence-corrected chi connectivity index (χ4v) is 6.83. The quantitative estimate of drug-likeness (QED) is 0.793. The first kappa shape index (κ1) is 15.9. The standard InChI is InChI=1S/C23H31NO/c1-15-10-16(2)22-21-11-18-6-7-19(25)12-20(18)23(22,13-15)8-9-24(21)14-17-4-3-5-17/h6-7,12,16-17,21-22,25H,1,3-5,8-11,13-14H2,2H3/t16-,21-,22+,23-/m0/s1. The largest absolute Gasteiger partial charge is 0.508 e. The van der Waals surface area contributed by atoms with Crippen molar-refractivity contribution in [1.82, 2.24) is 4.90 Å². The van der Waals surface area contributed by atoms with Crippen molar-refractivity contribution in [2.45, 2.75) is 63.3 Å². The molecule has 134 valence electrons. The maximum atomic E-state index is 10.2. The van der Waals surface area contributed by atoms with Gasteiger partial charge in [0.25, 0.3) is 0 Å². The van der Waals surface area contributed by atoms with Crippen molar-refractivity contribution >= 4 is 0 Å². The molecule has 25 heavy (non-hydrogen) atoms. The second-order valence-corrected chi connectivity index (χ2v) is 9.44. The Balaban J connectivity index is 1.59. The number of nitrogens with zero attached hydrogens (tertiary/aromatic N) is 1. The van der Waals surface area contributed by atoms with E-state index in [9.17, 15) is 5.11 Å². The summed E-state index contributed by atoms with van der Waals surface area (Å²) in [5.74, 6) is 2.81. The summed E-state index contributed by atoms with van der Waals surface area (Å²) < 4.78 is 0. The van der Waals surface area contributed by atoms with Crippen LogP contribution in [-0.4, -0.2) is 29.1 Å². The molecule has 2 bridgehead atoms. The van der Waals surface area contributed by atoms with E-state index >= 15 is 0 Å². The van der Waals surface area contributed by atoms with Gasteiger partial charge in [-0.2, -0.15) is 0 Å². The summed E-state index contributed by atoms with van der Waals surface area (Å²) in [4.78, 5) is 2.85. The molecule has 1 saturated heterocycles. The van der Waals surface area contributed by atoms with Gasteiger partial charge in [-0.3, -0.25) is 4.90 Å². The van der Waals surface area contributed by atoms with Gasteiger partial charge < -0.3 is 5.11 Å². The minimum absolute atomic E-state index is 0.224. The van der Waals surface area contributed by atoms with Gasteiger partial charge in [-0.05, 0) is 86.1 Å². The van der Waals surface area contributed by atoms with E-state index in [1.54, 1.807) is 0 Å². The number of fused-ring (bicyclic) bond motifs is 1. The van der Waals surface area contributed by atoms with E-state index in [-0.39, 0.29) is 5.41 Å². The summed E-state index contributed by atoms with van der Waals surface area (Å²) in [7, 11) is 0. The Bertz CT molecular complexity index is 706. The molecular weight excluding hydrogens is 306 g/mol. The summed E-state index contributed by atoms with van der Waals surface area (Å²) in [6.45, 7) is 9.41. The number of benzene rings is 1. The van der Waals surface area contributed by atoms with Gasteiger partial charge in [0.2, 0.25) is 0 Å². The number of phenols is 1. The van der Waals surface area contributed by atoms with Crippen LogP contribution in [0.25, 0.3) is 0 Å². The van der Waals surface area contributed by atoms with Crippen LogP contribution in [0.3, 0.4) is 0 Å². The zero-order chi connectivity index (χ0) is 17.2. The van der Waals surface area contributed by atoms with Gasteiger partial charge in [0.15, 0.2) is 0 Å². The highest BCUT2D eigenvalue weighted by Gasteiger charge is 2.56. The van der Waals surface area contributed by atoms with E-state index in [1.807, 2.05) is 6.07 Å². The lowest BCUT2D eigenvalue weighted by Gasteiger charge is -2.62. The highest BCUT2D eigenvalue weighted by atomic mass is 16.3. The molecule has 0 unspecified atom stereocenters. The molecule has 0 amide bonds. The Morgan fingerprint density at radius 1 is 1.28 bits per heavy atom. The highest BCUT2D eigenvalue weighted by Crippen LogP contribution is 2.59. The molecule has 0 aromatic heterocycles. The highest BCUT2D eigenvalue weighted by molar-refractivity contribution is 5.46. The van der Waals surface area contributed by atoms with Crippen molar-refractivity contribution in [3.63, 3.8) is 0 Å². The second kappa shape index (κ2) is 5.61. The van der Waals surface area contributed by atoms with Gasteiger partial charge in [-0.25, -0.2) is 0 Å². The molecule has 3 aliphatic carbocycles. The summed E-state index contributed by atoms with van der Waals surface area (Å²) in [5, 5.41) is 10.2. The van der Waals surface area contributed by atoms with Gasteiger partial charge in [-0.15, -0.1) is 0 Å². The molecule has 0 spiro atoms. The summed E-state index contributed by atoms with van der Waals surface area (Å²) >= 11 is 0. The molecule has 2 saturated carbocycles. The molecular formula is C23H31NO. The van der Waals surface area contributed by atoms with Crippen LogP contribution in [-0.2, 0) is 11.8 Å². The third-order valence-corrected chi connectivity index (χ3v) is 7.93. The number of likely N-dealkylation sites (tertiary alicyclic amines) is 1. The number of phenolic OH excluding ortho intramolecular Hbond substituents is 1. The van der Waals surface area contributed by atoms with Crippen molar-refractivity contribution in [1.29, 1.82) is 0 Å². The fourth-order valence-electron chi connectivity index (χ4n) is 6.83. The van der Waals surface area contributed by atoms with Crippen molar-refractivity contribution < 1.29 is 5.11 Å². The zero-order valence-electron chi connectivity index (χ0n) is 15.5. The maximum absolute atomic E-state index is 10.2. The predicted molar refractivity (Wildman–Crippen MR) is 102 cm³/mol. The first-order valence-corrected chi connectivity index (χ1v) is 10.3. The van der Waals surface area contributed by atoms with E-state index in [1.165, 1.54) is 68.3 Å². The number of aromatic hydroxyl groups is 1. The van der Waals surface area contributed by atoms with Crippen LogP contribution in [0.2, 0.25) is 0 Å². The molecule has 1 N–H and O–H groups in total. The van der Waals surface area contributed by atoms with Crippen LogP contribution in [0.5, 0.6) is 5.75 Å². The molecule has 0 radical (unpaired) electrons. The van der Waals surface area contributed by atoms with Crippen molar-refractivity contribution in [3.05, 3.63) is 41.5 Å². The Hall–Kier alpha value is -1.28. The van der Waals surface area contributed by atoms with E-state index in [4.69, 9.17) is 0 Å². The number of rotatable bonds is 2. The summed E-state index contributed by atoms with van der Waals surface area (Å²) in [6, 6.07) is 6.87. The lowest BCUT2D eigenvalue weighted by atomic mass is 9.49. The number of hydrogen-bond donors (Lipinski definition) is 1. The van der Waals surface area contributed by atoms with Crippen molar-refractivity contribution in [2.24, 2.45) is 17.8 Å². The molecule has 1 aromatic rings. The molecule has 5 rings (SSSR count). The third-order valence-electron chi connectivity index (χ3n) is 7.93. The first-order valence-electron chi connectivity index (χ1n) is 10.3.